The van der Waals surface area contributed by atoms with Crippen LogP contribution in [0.5, 0.6) is 0 Å². The molecule has 0 saturated carbocycles. The number of fused-ring (bicyclic) bond motifs is 1. The zero-order valence-corrected chi connectivity index (χ0v) is 13.8. The molecule has 126 valence electrons. The van der Waals surface area contributed by atoms with Crippen LogP contribution in [-0.4, -0.2) is 26.6 Å². The number of nitrogens with one attached hydrogen (secondary N) is 1. The van der Waals surface area contributed by atoms with Crippen molar-refractivity contribution in [3.05, 3.63) is 63.9 Å². The van der Waals surface area contributed by atoms with Crippen LogP contribution in [0.25, 0.3) is 11.1 Å². The summed E-state index contributed by atoms with van der Waals surface area (Å²) in [4.78, 5) is 31.0. The molecule has 4 rings (SSSR count). The number of hydrazone groups is 1. The number of aryl methyl sites for hydroxylation is 1. The van der Waals surface area contributed by atoms with Gasteiger partial charge in [0.05, 0.1) is 23.6 Å². The van der Waals surface area contributed by atoms with E-state index in [0.717, 1.165) is 5.56 Å². The molecule has 0 aliphatic carbocycles. The Morgan fingerprint density at radius 1 is 1.32 bits per heavy atom. The van der Waals surface area contributed by atoms with Gasteiger partial charge in [-0.25, -0.2) is 9.99 Å². The molecule has 3 aromatic rings. The van der Waals surface area contributed by atoms with Crippen LogP contribution in [0.2, 0.25) is 0 Å². The number of benzene rings is 1. The normalized spacial score (nSPS) is 17.1. The molecular weight excluding hydrogens is 320 g/mol. The predicted octanol–water partition coefficient (Wildman–Crippen LogP) is 2.52. The van der Waals surface area contributed by atoms with E-state index in [1.54, 1.807) is 6.92 Å². The summed E-state index contributed by atoms with van der Waals surface area (Å²) in [7, 11) is 0. The third kappa shape index (κ3) is 2.44. The van der Waals surface area contributed by atoms with Gasteiger partial charge in [-0.1, -0.05) is 30.3 Å². The number of rotatable bonds is 2. The number of aromatic nitrogens is 2. The highest BCUT2D eigenvalue weighted by Crippen LogP contribution is 2.35. The maximum absolute atomic E-state index is 12.2. The second kappa shape index (κ2) is 5.70. The predicted molar refractivity (Wildman–Crippen MR) is 92.2 cm³/mol. The molecule has 1 unspecified atom stereocenters. The lowest BCUT2D eigenvalue weighted by Gasteiger charge is -2.20. The molecule has 1 atom stereocenters. The maximum Gasteiger partial charge on any atom is 0.262 e. The first-order valence-electron chi connectivity index (χ1n) is 7.95. The molecule has 0 bridgehead atoms. The monoisotopic (exact) mass is 336 g/mol. The highest BCUT2D eigenvalue weighted by Gasteiger charge is 2.34. The Morgan fingerprint density at radius 3 is 2.80 bits per heavy atom. The molecule has 1 aliphatic rings. The number of carbonyl (C=O) groups is 1. The fourth-order valence-electron chi connectivity index (χ4n) is 3.29. The minimum atomic E-state index is -0.280. The van der Waals surface area contributed by atoms with Crippen molar-refractivity contribution in [1.29, 1.82) is 0 Å². The van der Waals surface area contributed by atoms with Crippen LogP contribution in [0.15, 0.2) is 51.0 Å². The van der Waals surface area contributed by atoms with Gasteiger partial charge in [-0.3, -0.25) is 9.59 Å². The zero-order chi connectivity index (χ0) is 17.6. The summed E-state index contributed by atoms with van der Waals surface area (Å²) in [6.07, 6.45) is 1.82. The number of hydrogen-bond donors (Lipinski definition) is 1. The van der Waals surface area contributed by atoms with E-state index >= 15 is 0 Å². The van der Waals surface area contributed by atoms with Crippen LogP contribution in [0.1, 0.15) is 36.3 Å². The second-order valence-corrected chi connectivity index (χ2v) is 5.99. The van der Waals surface area contributed by atoms with Gasteiger partial charge in [0, 0.05) is 13.3 Å². The fourth-order valence-corrected chi connectivity index (χ4v) is 3.29. The van der Waals surface area contributed by atoms with Crippen molar-refractivity contribution in [2.24, 2.45) is 5.10 Å². The summed E-state index contributed by atoms with van der Waals surface area (Å²) in [5, 5.41) is 6.34. The van der Waals surface area contributed by atoms with Crippen molar-refractivity contribution in [3.63, 3.8) is 0 Å². The molecule has 0 radical (unpaired) electrons. The number of furan rings is 1. The first kappa shape index (κ1) is 15.3. The van der Waals surface area contributed by atoms with Gasteiger partial charge in [-0.2, -0.15) is 5.10 Å². The largest absolute Gasteiger partial charge is 0.442 e. The minimum Gasteiger partial charge on any atom is -0.442 e. The highest BCUT2D eigenvalue weighted by atomic mass is 16.3. The molecule has 0 fully saturated rings. The molecule has 1 aliphatic heterocycles. The Hall–Kier alpha value is -3.22. The van der Waals surface area contributed by atoms with Crippen molar-refractivity contribution in [1.82, 2.24) is 15.0 Å². The summed E-state index contributed by atoms with van der Waals surface area (Å²) in [5.41, 5.74) is 2.26. The molecule has 3 heterocycles. The topological polar surface area (TPSA) is 91.6 Å². The summed E-state index contributed by atoms with van der Waals surface area (Å²) in [5.74, 6) is 0.413. The fraction of sp³-hybridized carbons (Fsp3) is 0.222. The van der Waals surface area contributed by atoms with Crippen LogP contribution in [0.4, 0.5) is 0 Å². The standard InChI is InChI=1S/C18H16N4O3/c1-10-15(16-17(24)19-9-20-18(16)25-10)13-8-14(22(21-13)11(2)23)12-6-4-3-5-7-12/h3-7,9,14H,8H2,1-2H3,(H,19,20,24). The van der Waals surface area contributed by atoms with Gasteiger partial charge in [0.1, 0.15) is 11.1 Å². The molecule has 0 spiro atoms. The Morgan fingerprint density at radius 2 is 2.08 bits per heavy atom. The summed E-state index contributed by atoms with van der Waals surface area (Å²) >= 11 is 0. The van der Waals surface area contributed by atoms with Gasteiger partial charge in [-0.15, -0.1) is 0 Å². The molecule has 7 heteroatoms. The summed E-state index contributed by atoms with van der Waals surface area (Å²) < 4.78 is 5.61. The second-order valence-electron chi connectivity index (χ2n) is 5.99. The number of aromatic amines is 1. The van der Waals surface area contributed by atoms with E-state index < -0.39 is 0 Å². The van der Waals surface area contributed by atoms with Crippen molar-refractivity contribution in [2.45, 2.75) is 26.3 Å². The van der Waals surface area contributed by atoms with Crippen molar-refractivity contribution < 1.29 is 9.21 Å². The van der Waals surface area contributed by atoms with Gasteiger partial charge in [0.25, 0.3) is 5.56 Å². The van der Waals surface area contributed by atoms with E-state index in [0.29, 0.717) is 28.8 Å². The number of hydrogen-bond acceptors (Lipinski definition) is 5. The average molecular weight is 336 g/mol. The van der Waals surface area contributed by atoms with Crippen LogP contribution < -0.4 is 5.56 Å². The first-order chi connectivity index (χ1) is 12.1. The van der Waals surface area contributed by atoms with Gasteiger partial charge < -0.3 is 9.40 Å². The van der Waals surface area contributed by atoms with E-state index in [9.17, 15) is 9.59 Å². The van der Waals surface area contributed by atoms with E-state index in [4.69, 9.17) is 4.42 Å². The van der Waals surface area contributed by atoms with Gasteiger partial charge in [0.2, 0.25) is 11.6 Å². The summed E-state index contributed by atoms with van der Waals surface area (Å²) in [6, 6.07) is 9.52. The third-order valence-electron chi connectivity index (χ3n) is 4.38. The molecule has 1 amide bonds. The Balaban J connectivity index is 1.85. The van der Waals surface area contributed by atoms with E-state index in [2.05, 4.69) is 15.1 Å². The molecule has 2 aromatic heterocycles. The maximum atomic E-state index is 12.2. The number of H-pyrrole nitrogens is 1. The van der Waals surface area contributed by atoms with Crippen LogP contribution in [0.3, 0.4) is 0 Å². The quantitative estimate of drug-likeness (QED) is 0.778. The lowest BCUT2D eigenvalue weighted by Crippen LogP contribution is -2.24. The number of carbonyl (C=O) groups excluding carboxylic acids is 1. The van der Waals surface area contributed by atoms with Crippen molar-refractivity contribution >= 4 is 22.7 Å². The van der Waals surface area contributed by atoms with E-state index in [1.807, 2.05) is 30.3 Å². The molecular formula is C18H16N4O3. The summed E-state index contributed by atoms with van der Waals surface area (Å²) in [6.45, 7) is 3.25. The molecule has 1 N–H and O–H groups in total. The minimum absolute atomic E-state index is 0.152. The van der Waals surface area contributed by atoms with Crippen LogP contribution >= 0.6 is 0 Å². The zero-order valence-electron chi connectivity index (χ0n) is 13.8. The molecule has 1 aromatic carbocycles. The molecule has 25 heavy (non-hydrogen) atoms. The van der Waals surface area contributed by atoms with Crippen molar-refractivity contribution in [2.75, 3.05) is 0 Å². The van der Waals surface area contributed by atoms with Gasteiger partial charge in [0.15, 0.2) is 0 Å². The van der Waals surface area contributed by atoms with Gasteiger partial charge in [-0.05, 0) is 12.5 Å². The Labute approximate surface area is 143 Å². The lowest BCUT2D eigenvalue weighted by molar-refractivity contribution is -0.130. The van der Waals surface area contributed by atoms with Crippen LogP contribution in [0, 0.1) is 6.92 Å². The molecule has 0 saturated heterocycles. The number of nitrogens with zero attached hydrogens (tertiary/aromatic N) is 3. The van der Waals surface area contributed by atoms with Crippen LogP contribution in [-0.2, 0) is 4.79 Å². The number of amides is 1. The smallest absolute Gasteiger partial charge is 0.262 e. The molecule has 7 nitrogen and oxygen atoms in total. The Bertz CT molecular complexity index is 1050. The Kier molecular flexibility index (Phi) is 3.49. The third-order valence-corrected chi connectivity index (χ3v) is 4.38. The van der Waals surface area contributed by atoms with Gasteiger partial charge >= 0.3 is 0 Å². The first-order valence-corrected chi connectivity index (χ1v) is 7.95. The SMILES string of the molecule is CC(=O)N1N=C(c2c(C)oc3nc[nH]c(=O)c23)CC1c1ccccc1. The van der Waals surface area contributed by atoms with E-state index in [-0.39, 0.29) is 23.2 Å². The van der Waals surface area contributed by atoms with E-state index in [1.165, 1.54) is 18.3 Å². The lowest BCUT2D eigenvalue weighted by atomic mass is 9.97. The average Bonchev–Trinajstić information content (AvgIpc) is 3.17. The highest BCUT2D eigenvalue weighted by molar-refractivity contribution is 6.11. The van der Waals surface area contributed by atoms with Crippen molar-refractivity contribution in [3.8, 4) is 0 Å².